The molecule has 0 aliphatic carbocycles. The fourth-order valence-electron chi connectivity index (χ4n) is 4.85. The third-order valence-electron chi connectivity index (χ3n) is 9.06. The number of aliphatic hydroxyl groups excluding tert-OH is 1. The van der Waals surface area contributed by atoms with Gasteiger partial charge in [-0.3, -0.25) is 9.78 Å². The molecule has 2 aromatic heterocycles. The van der Waals surface area contributed by atoms with Gasteiger partial charge in [-0.05, 0) is 44.1 Å². The number of carbonyl (C=O) groups excluding carboxylic acids is 1. The molecule has 229 valence electrons. The molecule has 4 nitrogen and oxygen atoms in total. The molecule has 0 saturated heterocycles. The first-order valence-corrected chi connectivity index (χ1v) is 15.0. The van der Waals surface area contributed by atoms with Crippen LogP contribution in [0.25, 0.3) is 33.1 Å². The van der Waals surface area contributed by atoms with Gasteiger partial charge in [-0.2, -0.15) is 0 Å². The number of allylic oxidation sites excluding steroid dienone is 2. The fraction of sp³-hybridized carbons (Fsp3) is 0.459. The minimum atomic E-state index is -0.337. The molecular weight excluding hydrogens is 699 g/mol. The number of aromatic nitrogens is 1. The van der Waals surface area contributed by atoms with Crippen LogP contribution in [0.2, 0.25) is 0 Å². The number of fused-ring (bicyclic) bond motifs is 2. The van der Waals surface area contributed by atoms with E-state index in [-0.39, 0.29) is 47.9 Å². The van der Waals surface area contributed by atoms with Crippen LogP contribution in [-0.2, 0) is 30.3 Å². The summed E-state index contributed by atoms with van der Waals surface area (Å²) in [6.45, 7) is 20.8. The summed E-state index contributed by atoms with van der Waals surface area (Å²) in [5.41, 5.74) is 5.54. The summed E-state index contributed by atoms with van der Waals surface area (Å²) in [7, 11) is 0. The van der Waals surface area contributed by atoms with Crippen molar-refractivity contribution in [2.75, 3.05) is 0 Å². The van der Waals surface area contributed by atoms with E-state index in [1.165, 1.54) is 17.0 Å². The average Bonchev–Trinajstić information content (AvgIpc) is 3.35. The van der Waals surface area contributed by atoms with Gasteiger partial charge in [-0.1, -0.05) is 97.5 Å². The van der Waals surface area contributed by atoms with Crippen LogP contribution in [0.1, 0.15) is 99.1 Å². The number of pyridine rings is 1. The van der Waals surface area contributed by atoms with Crippen molar-refractivity contribution < 1.29 is 34.4 Å². The minimum absolute atomic E-state index is 0. The summed E-state index contributed by atoms with van der Waals surface area (Å²) in [5, 5.41) is 12.5. The van der Waals surface area contributed by atoms with Crippen molar-refractivity contribution in [3.8, 4) is 11.3 Å². The number of benzene rings is 2. The van der Waals surface area contributed by atoms with Gasteiger partial charge in [-0.25, -0.2) is 0 Å². The zero-order valence-electron chi connectivity index (χ0n) is 27.1. The molecular formula is C37H48IrNO3-. The molecule has 5 heteroatoms. The smallest absolute Gasteiger partial charge is 0.164 e. The summed E-state index contributed by atoms with van der Waals surface area (Å²) in [6.07, 6.45) is 6.51. The minimum Gasteiger partial charge on any atom is -0.512 e. The molecule has 0 aliphatic heterocycles. The number of hydrogen-bond donors (Lipinski definition) is 1. The Morgan fingerprint density at radius 3 is 2.10 bits per heavy atom. The van der Waals surface area contributed by atoms with E-state index in [0.29, 0.717) is 0 Å². The first-order chi connectivity index (χ1) is 19.2. The Morgan fingerprint density at radius 1 is 0.929 bits per heavy atom. The largest absolute Gasteiger partial charge is 0.512 e. The second kappa shape index (κ2) is 14.1. The van der Waals surface area contributed by atoms with E-state index in [1.807, 2.05) is 60.6 Å². The van der Waals surface area contributed by atoms with Crippen LogP contribution >= 0.6 is 0 Å². The van der Waals surface area contributed by atoms with Crippen molar-refractivity contribution in [3.05, 3.63) is 77.8 Å². The fourth-order valence-corrected chi connectivity index (χ4v) is 4.85. The number of aliphatic hydroxyl groups is 1. The number of nitrogens with zero attached hydrogens (tertiary/aromatic N) is 1. The number of furan rings is 1. The molecule has 0 amide bonds. The Balaban J connectivity index is 0.000000307. The molecule has 1 radical (unpaired) electrons. The van der Waals surface area contributed by atoms with Crippen LogP contribution in [0, 0.1) is 23.8 Å². The van der Waals surface area contributed by atoms with E-state index in [1.54, 1.807) is 6.26 Å². The van der Waals surface area contributed by atoms with Gasteiger partial charge < -0.3 is 9.52 Å². The predicted octanol–water partition coefficient (Wildman–Crippen LogP) is 10.7. The zero-order valence-corrected chi connectivity index (χ0v) is 29.5. The van der Waals surface area contributed by atoms with Gasteiger partial charge in [0, 0.05) is 48.3 Å². The average molecular weight is 747 g/mol. The maximum absolute atomic E-state index is 12.2. The van der Waals surface area contributed by atoms with Crippen LogP contribution in [0.3, 0.4) is 0 Å². The van der Waals surface area contributed by atoms with Gasteiger partial charge >= 0.3 is 0 Å². The molecule has 0 unspecified atom stereocenters. The van der Waals surface area contributed by atoms with E-state index >= 15 is 0 Å². The molecule has 42 heavy (non-hydrogen) atoms. The van der Waals surface area contributed by atoms with Gasteiger partial charge in [0.1, 0.15) is 11.3 Å². The molecule has 0 spiro atoms. The Labute approximate surface area is 266 Å². The van der Waals surface area contributed by atoms with Gasteiger partial charge in [0.2, 0.25) is 0 Å². The van der Waals surface area contributed by atoms with Crippen molar-refractivity contribution in [1.82, 2.24) is 4.98 Å². The number of hydrogen-bond acceptors (Lipinski definition) is 4. The number of carbonyl (C=O) groups is 1. The molecule has 4 rings (SSSR count). The van der Waals surface area contributed by atoms with Gasteiger partial charge in [0.15, 0.2) is 11.4 Å². The summed E-state index contributed by atoms with van der Waals surface area (Å²) < 4.78 is 5.52. The van der Waals surface area contributed by atoms with Crippen LogP contribution in [0.5, 0.6) is 0 Å². The zero-order chi connectivity index (χ0) is 30.6. The third kappa shape index (κ3) is 7.60. The normalized spacial score (nSPS) is 12.6. The van der Waals surface area contributed by atoms with Crippen molar-refractivity contribution >= 4 is 27.7 Å². The summed E-state index contributed by atoms with van der Waals surface area (Å²) in [4.78, 5) is 17.0. The quantitative estimate of drug-likeness (QED) is 0.111. The second-order valence-corrected chi connectivity index (χ2v) is 12.8. The number of aryl methyl sites for hydroxylation is 1. The molecule has 0 saturated carbocycles. The van der Waals surface area contributed by atoms with Crippen molar-refractivity contribution in [2.45, 2.75) is 100 Å². The standard InChI is InChI=1S/C22H20NO.C15H28O2.Ir/c1-14-13-24-20-10-9-19(23-21(14)20)16-11-15-7-5-6-8-17(15)18(12-16)22(2,3)4;1-7-14(5,8-2)12(16)11-13(17)15(6,9-3)10-4;/h5-10,12-13H,1-4H3;11,16H,7-10H2,1-6H3;/q-1;;/b;12-11-;. The molecule has 0 aliphatic rings. The summed E-state index contributed by atoms with van der Waals surface area (Å²) in [5.74, 6) is 0.286. The number of rotatable bonds is 8. The predicted molar refractivity (Wildman–Crippen MR) is 172 cm³/mol. The monoisotopic (exact) mass is 747 g/mol. The molecule has 2 aromatic carbocycles. The van der Waals surface area contributed by atoms with Crippen LogP contribution in [0.15, 0.2) is 65.0 Å². The molecule has 2 heterocycles. The maximum atomic E-state index is 12.2. The molecule has 0 atom stereocenters. The van der Waals surface area contributed by atoms with Crippen LogP contribution in [-0.4, -0.2) is 15.9 Å². The second-order valence-electron chi connectivity index (χ2n) is 12.8. The topological polar surface area (TPSA) is 63.3 Å². The van der Waals surface area contributed by atoms with Gasteiger partial charge in [0.05, 0.1) is 6.26 Å². The molecule has 4 aromatic rings. The van der Waals surface area contributed by atoms with Crippen molar-refractivity contribution in [1.29, 1.82) is 0 Å². The van der Waals surface area contributed by atoms with Crippen LogP contribution < -0.4 is 0 Å². The number of ketones is 1. The first kappa shape index (κ1) is 35.4. The van der Waals surface area contributed by atoms with Crippen LogP contribution in [0.4, 0.5) is 0 Å². The SMILES string of the molecule is CCC(C)(CC)C(=O)/C=C(\O)C(C)(CC)CC.Cc1coc2ccc(-c3[c-]c4ccccc4c(C(C)(C)C)c3)nc12.[Ir]. The Morgan fingerprint density at radius 2 is 1.52 bits per heavy atom. The van der Waals surface area contributed by atoms with E-state index < -0.39 is 0 Å². The van der Waals surface area contributed by atoms with Gasteiger partial charge in [-0.15, -0.1) is 29.1 Å². The Bertz CT molecular complexity index is 1530. The summed E-state index contributed by atoms with van der Waals surface area (Å²) in [6, 6.07) is 18.2. The van der Waals surface area contributed by atoms with E-state index in [4.69, 9.17) is 9.40 Å². The summed E-state index contributed by atoms with van der Waals surface area (Å²) >= 11 is 0. The van der Waals surface area contributed by atoms with Crippen molar-refractivity contribution in [2.24, 2.45) is 10.8 Å². The molecule has 1 N–H and O–H groups in total. The Kier molecular flexibility index (Phi) is 11.9. The van der Waals surface area contributed by atoms with E-state index in [9.17, 15) is 9.90 Å². The van der Waals surface area contributed by atoms with E-state index in [2.05, 4.69) is 57.2 Å². The maximum Gasteiger partial charge on any atom is 0.164 e. The van der Waals surface area contributed by atoms with Gasteiger partial charge in [0.25, 0.3) is 0 Å². The van der Waals surface area contributed by atoms with Crippen molar-refractivity contribution in [3.63, 3.8) is 0 Å². The third-order valence-corrected chi connectivity index (χ3v) is 9.06. The Hall–Kier alpha value is -2.75. The molecule has 0 bridgehead atoms. The molecule has 0 fully saturated rings. The first-order valence-electron chi connectivity index (χ1n) is 15.0. The van der Waals surface area contributed by atoms with E-state index in [0.717, 1.165) is 59.0 Å².